The highest BCUT2D eigenvalue weighted by Crippen LogP contribution is 2.41. The normalized spacial score (nSPS) is 26.0. The fraction of sp³-hybridized carbons (Fsp3) is 0.632. The van der Waals surface area contributed by atoms with Crippen LogP contribution < -0.4 is 5.32 Å². The lowest BCUT2D eigenvalue weighted by Crippen LogP contribution is -2.39. The fourth-order valence-electron chi connectivity index (χ4n) is 3.22. The number of hydrogen-bond acceptors (Lipinski definition) is 5. The van der Waals surface area contributed by atoms with Gasteiger partial charge in [-0.25, -0.2) is 0 Å². The minimum absolute atomic E-state index is 0.0681. The van der Waals surface area contributed by atoms with Gasteiger partial charge in [0.05, 0.1) is 0 Å². The lowest BCUT2D eigenvalue weighted by molar-refractivity contribution is -0.166. The number of carbonyl (C=O) groups is 1. The summed E-state index contributed by atoms with van der Waals surface area (Å²) in [5.74, 6) is 0.988. The zero-order valence-electron chi connectivity index (χ0n) is 14.6. The molecule has 1 fully saturated rings. The van der Waals surface area contributed by atoms with E-state index < -0.39 is 6.29 Å². The van der Waals surface area contributed by atoms with Crippen LogP contribution >= 0.6 is 11.3 Å². The summed E-state index contributed by atoms with van der Waals surface area (Å²) in [6.45, 7) is 3.31. The summed E-state index contributed by atoms with van der Waals surface area (Å²) in [5, 5.41) is 14.3. The van der Waals surface area contributed by atoms with Crippen LogP contribution in [0.4, 0.5) is 0 Å². The fourth-order valence-corrected chi connectivity index (χ4v) is 4.09. The van der Waals surface area contributed by atoms with Gasteiger partial charge in [-0.1, -0.05) is 6.07 Å². The van der Waals surface area contributed by atoms with E-state index in [1.54, 1.807) is 11.3 Å². The standard InChI is InChI=1S/C19H27NO4S/c1-2-23-19-14(5-3-9-21)15(17-6-4-10-25-17)11-16(24-19)18(22)20-12-13-7-8-13/h4,6,10-11,13-15,19,21H,2-3,5,7-9,12H2,1H3,(H,20,22)/t14-,15+,19-/m1/s1. The first kappa shape index (κ1) is 18.4. The van der Waals surface area contributed by atoms with Gasteiger partial charge < -0.3 is 19.9 Å². The number of ether oxygens (including phenoxy) is 2. The van der Waals surface area contributed by atoms with Gasteiger partial charge in [0.2, 0.25) is 6.29 Å². The van der Waals surface area contributed by atoms with Crippen molar-refractivity contribution in [3.05, 3.63) is 34.2 Å². The monoisotopic (exact) mass is 365 g/mol. The maximum absolute atomic E-state index is 12.5. The first-order chi connectivity index (χ1) is 12.2. The number of allylic oxidation sites excluding steroid dienone is 1. The van der Waals surface area contributed by atoms with Crippen LogP contribution in [0.15, 0.2) is 29.3 Å². The Morgan fingerprint density at radius 2 is 2.32 bits per heavy atom. The van der Waals surface area contributed by atoms with E-state index in [-0.39, 0.29) is 24.3 Å². The van der Waals surface area contributed by atoms with Crippen molar-refractivity contribution in [1.82, 2.24) is 5.32 Å². The molecule has 0 radical (unpaired) electrons. The molecule has 6 heteroatoms. The molecule has 0 spiro atoms. The lowest BCUT2D eigenvalue weighted by Gasteiger charge is -2.36. The number of nitrogens with one attached hydrogen (secondary N) is 1. The third kappa shape index (κ3) is 4.84. The van der Waals surface area contributed by atoms with Crippen molar-refractivity contribution in [2.45, 2.75) is 44.8 Å². The van der Waals surface area contributed by atoms with E-state index in [4.69, 9.17) is 9.47 Å². The van der Waals surface area contributed by atoms with Gasteiger partial charge in [-0.15, -0.1) is 11.3 Å². The van der Waals surface area contributed by atoms with Crippen molar-refractivity contribution < 1.29 is 19.4 Å². The Morgan fingerprint density at radius 3 is 2.96 bits per heavy atom. The number of aliphatic hydroxyl groups excluding tert-OH is 1. The SMILES string of the molecule is CCO[C@@H]1OC(C(=O)NCC2CC2)=C[C@H](c2cccs2)[C@H]1CCCO. The zero-order valence-corrected chi connectivity index (χ0v) is 15.5. The predicted octanol–water partition coefficient (Wildman–Crippen LogP) is 3.02. The van der Waals surface area contributed by atoms with E-state index in [1.807, 2.05) is 24.4 Å². The quantitative estimate of drug-likeness (QED) is 0.706. The van der Waals surface area contributed by atoms with Crippen molar-refractivity contribution in [2.75, 3.05) is 19.8 Å². The number of aliphatic hydroxyl groups is 1. The maximum Gasteiger partial charge on any atom is 0.286 e. The highest BCUT2D eigenvalue weighted by molar-refractivity contribution is 7.10. The summed E-state index contributed by atoms with van der Waals surface area (Å²) in [7, 11) is 0. The molecule has 1 aliphatic carbocycles. The van der Waals surface area contributed by atoms with Crippen molar-refractivity contribution in [3.8, 4) is 0 Å². The molecule has 3 rings (SSSR count). The second-order valence-corrected chi connectivity index (χ2v) is 7.68. The minimum Gasteiger partial charge on any atom is -0.459 e. The maximum atomic E-state index is 12.5. The number of amides is 1. The number of hydrogen-bond donors (Lipinski definition) is 2. The average molecular weight is 365 g/mol. The largest absolute Gasteiger partial charge is 0.459 e. The van der Waals surface area contributed by atoms with Crippen LogP contribution in [0.1, 0.15) is 43.4 Å². The van der Waals surface area contributed by atoms with Gasteiger partial charge in [0.1, 0.15) is 0 Å². The summed E-state index contributed by atoms with van der Waals surface area (Å²) < 4.78 is 11.7. The Kier molecular flexibility index (Phi) is 6.51. The van der Waals surface area contributed by atoms with Crippen LogP contribution in [0.5, 0.6) is 0 Å². The third-order valence-electron chi connectivity index (χ3n) is 4.76. The molecule has 0 bridgehead atoms. The molecule has 5 nitrogen and oxygen atoms in total. The Labute approximate surface area is 153 Å². The van der Waals surface area contributed by atoms with E-state index in [2.05, 4.69) is 11.4 Å². The predicted molar refractivity (Wildman–Crippen MR) is 97.2 cm³/mol. The molecule has 1 aliphatic heterocycles. The Bertz CT molecular complexity index is 582. The molecule has 1 aromatic heterocycles. The van der Waals surface area contributed by atoms with E-state index in [0.717, 1.165) is 13.0 Å². The van der Waals surface area contributed by atoms with Crippen LogP contribution in [0, 0.1) is 11.8 Å². The molecule has 3 atom stereocenters. The van der Waals surface area contributed by atoms with Gasteiger partial charge in [0, 0.05) is 36.5 Å². The summed E-state index contributed by atoms with van der Waals surface area (Å²) in [6, 6.07) is 4.11. The molecule has 0 aromatic carbocycles. The van der Waals surface area contributed by atoms with Gasteiger partial charge in [-0.2, -0.15) is 0 Å². The van der Waals surface area contributed by atoms with Crippen LogP contribution in [-0.4, -0.2) is 37.1 Å². The Hall–Kier alpha value is -1.37. The Morgan fingerprint density at radius 1 is 1.48 bits per heavy atom. The van der Waals surface area contributed by atoms with Crippen LogP contribution in [0.25, 0.3) is 0 Å². The molecule has 1 saturated carbocycles. The van der Waals surface area contributed by atoms with Crippen molar-refractivity contribution in [2.24, 2.45) is 11.8 Å². The first-order valence-electron chi connectivity index (χ1n) is 9.15. The molecule has 138 valence electrons. The number of carbonyl (C=O) groups excluding carboxylic acids is 1. The van der Waals surface area contributed by atoms with Gasteiger partial charge in [-0.3, -0.25) is 4.79 Å². The summed E-state index contributed by atoms with van der Waals surface area (Å²) in [5.41, 5.74) is 0. The van der Waals surface area contributed by atoms with Crippen LogP contribution in [0.3, 0.4) is 0 Å². The molecule has 2 N–H and O–H groups in total. The molecule has 1 amide bonds. The molecular formula is C19H27NO4S. The van der Waals surface area contributed by atoms with Crippen LogP contribution in [-0.2, 0) is 14.3 Å². The summed E-state index contributed by atoms with van der Waals surface area (Å²) in [4.78, 5) is 13.7. The van der Waals surface area contributed by atoms with Gasteiger partial charge in [0.15, 0.2) is 5.76 Å². The summed E-state index contributed by atoms with van der Waals surface area (Å²) >= 11 is 1.68. The van der Waals surface area contributed by atoms with Crippen molar-refractivity contribution in [3.63, 3.8) is 0 Å². The molecule has 2 aliphatic rings. The molecule has 25 heavy (non-hydrogen) atoms. The second kappa shape index (κ2) is 8.83. The number of rotatable bonds is 9. The smallest absolute Gasteiger partial charge is 0.286 e. The van der Waals surface area contributed by atoms with Gasteiger partial charge in [-0.05, 0) is 56.0 Å². The Balaban J connectivity index is 1.80. The van der Waals surface area contributed by atoms with Gasteiger partial charge in [0.25, 0.3) is 5.91 Å². The van der Waals surface area contributed by atoms with Gasteiger partial charge >= 0.3 is 0 Å². The minimum atomic E-state index is -0.463. The first-order valence-corrected chi connectivity index (χ1v) is 10.0. The van der Waals surface area contributed by atoms with E-state index in [0.29, 0.717) is 24.7 Å². The van der Waals surface area contributed by atoms with Crippen molar-refractivity contribution >= 4 is 17.2 Å². The lowest BCUT2D eigenvalue weighted by atomic mass is 9.84. The summed E-state index contributed by atoms with van der Waals surface area (Å²) in [6.07, 6.45) is 5.35. The molecular weight excluding hydrogens is 338 g/mol. The van der Waals surface area contributed by atoms with E-state index in [9.17, 15) is 9.90 Å². The zero-order chi connectivity index (χ0) is 17.6. The average Bonchev–Trinajstić information content (AvgIpc) is 3.29. The van der Waals surface area contributed by atoms with E-state index >= 15 is 0 Å². The topological polar surface area (TPSA) is 67.8 Å². The highest BCUT2D eigenvalue weighted by atomic mass is 32.1. The highest BCUT2D eigenvalue weighted by Gasteiger charge is 2.38. The second-order valence-electron chi connectivity index (χ2n) is 6.70. The molecule has 1 aromatic rings. The number of thiophene rings is 1. The van der Waals surface area contributed by atoms with E-state index in [1.165, 1.54) is 17.7 Å². The van der Waals surface area contributed by atoms with Crippen molar-refractivity contribution in [1.29, 1.82) is 0 Å². The third-order valence-corrected chi connectivity index (χ3v) is 5.73. The molecule has 2 heterocycles. The molecule has 0 unspecified atom stereocenters. The van der Waals surface area contributed by atoms with Crippen LogP contribution in [0.2, 0.25) is 0 Å². The molecule has 0 saturated heterocycles.